The Kier molecular flexibility index (Phi) is 3.94. The summed E-state index contributed by atoms with van der Waals surface area (Å²) >= 11 is 3.77. The Hall–Kier alpha value is -2.32. The monoisotopic (exact) mass is 401 g/mol. The van der Waals surface area contributed by atoms with E-state index >= 15 is 0 Å². The van der Waals surface area contributed by atoms with Gasteiger partial charge in [-0.15, -0.1) is 0 Å². The van der Waals surface area contributed by atoms with Gasteiger partial charge >= 0.3 is 0 Å². The predicted octanol–water partition coefficient (Wildman–Crippen LogP) is 6.94. The van der Waals surface area contributed by atoms with Crippen molar-refractivity contribution < 1.29 is 0 Å². The number of para-hydroxylation sites is 1. The van der Waals surface area contributed by atoms with Gasteiger partial charge < -0.3 is 5.32 Å². The van der Waals surface area contributed by atoms with Gasteiger partial charge in [0.1, 0.15) is 0 Å². The van der Waals surface area contributed by atoms with E-state index < -0.39 is 0 Å². The highest BCUT2D eigenvalue weighted by molar-refractivity contribution is 9.10. The molecule has 0 bridgehead atoms. The Morgan fingerprint density at radius 2 is 1.58 bits per heavy atom. The number of fused-ring (bicyclic) bond motifs is 3. The van der Waals surface area contributed by atoms with Crippen LogP contribution in [-0.4, -0.2) is 0 Å². The number of halogens is 1. The van der Waals surface area contributed by atoms with Gasteiger partial charge in [-0.1, -0.05) is 94.8 Å². The van der Waals surface area contributed by atoms with E-state index in [0.29, 0.717) is 17.9 Å². The fourth-order valence-electron chi connectivity index (χ4n) is 4.51. The molecule has 1 aliphatic carbocycles. The molecule has 2 aliphatic rings. The maximum Gasteiger partial charge on any atom is 0.0565 e. The van der Waals surface area contributed by atoms with E-state index in [2.05, 4.69) is 106 Å². The fourth-order valence-corrected chi connectivity index (χ4v) is 5.05. The summed E-state index contributed by atoms with van der Waals surface area (Å²) in [5, 5.41) is 3.92. The van der Waals surface area contributed by atoms with E-state index in [1.54, 1.807) is 0 Å². The molecule has 0 aromatic heterocycles. The van der Waals surface area contributed by atoms with E-state index in [4.69, 9.17) is 0 Å². The van der Waals surface area contributed by atoms with Gasteiger partial charge in [0.05, 0.1) is 6.04 Å². The first-order chi connectivity index (χ1) is 12.8. The van der Waals surface area contributed by atoms with Gasteiger partial charge in [0.25, 0.3) is 0 Å². The fraction of sp³-hybridized carbons (Fsp3) is 0.167. The molecule has 0 saturated heterocycles. The minimum absolute atomic E-state index is 0.308. The molecule has 5 rings (SSSR count). The molecular formula is C24H20BrN. The summed E-state index contributed by atoms with van der Waals surface area (Å²) in [6, 6.07) is 26.3. The molecule has 3 atom stereocenters. The Morgan fingerprint density at radius 3 is 2.42 bits per heavy atom. The topological polar surface area (TPSA) is 12.0 Å². The molecule has 0 fully saturated rings. The van der Waals surface area contributed by atoms with E-state index in [-0.39, 0.29) is 0 Å². The minimum atomic E-state index is 0.308. The second-order valence-corrected chi connectivity index (χ2v) is 7.99. The molecule has 0 radical (unpaired) electrons. The van der Waals surface area contributed by atoms with Crippen LogP contribution in [0.3, 0.4) is 0 Å². The first kappa shape index (κ1) is 15.9. The molecular weight excluding hydrogens is 382 g/mol. The molecule has 2 heteroatoms. The van der Waals surface area contributed by atoms with Crippen molar-refractivity contribution >= 4 is 21.6 Å². The highest BCUT2D eigenvalue weighted by Crippen LogP contribution is 2.52. The number of hydrogen-bond acceptors (Lipinski definition) is 1. The number of hydrogen-bond donors (Lipinski definition) is 1. The molecule has 0 saturated carbocycles. The Bertz CT molecular complexity index is 977. The lowest BCUT2D eigenvalue weighted by atomic mass is 9.76. The summed E-state index contributed by atoms with van der Waals surface area (Å²) in [5.41, 5.74) is 6.61. The summed E-state index contributed by atoms with van der Waals surface area (Å²) < 4.78 is 1.18. The van der Waals surface area contributed by atoms with Crippen molar-refractivity contribution in [3.8, 4) is 11.1 Å². The molecule has 3 aromatic carbocycles. The van der Waals surface area contributed by atoms with Crippen LogP contribution in [0.5, 0.6) is 0 Å². The summed E-state index contributed by atoms with van der Waals surface area (Å²) in [4.78, 5) is 0. The highest BCUT2D eigenvalue weighted by atomic mass is 79.9. The molecule has 3 aromatic rings. The van der Waals surface area contributed by atoms with Gasteiger partial charge in [0.2, 0.25) is 0 Å². The summed E-state index contributed by atoms with van der Waals surface area (Å²) in [7, 11) is 0. The van der Waals surface area contributed by atoms with E-state index in [1.807, 2.05) is 0 Å². The van der Waals surface area contributed by atoms with Crippen molar-refractivity contribution in [3.63, 3.8) is 0 Å². The zero-order valence-corrected chi connectivity index (χ0v) is 16.0. The zero-order valence-electron chi connectivity index (χ0n) is 14.4. The SMILES string of the molecule is Brc1ccccc1C1Nc2c(-c3ccccc3)cccc2C2C=CCC21. The van der Waals surface area contributed by atoms with Crippen LogP contribution in [0.2, 0.25) is 0 Å². The van der Waals surface area contributed by atoms with Crippen molar-refractivity contribution in [2.24, 2.45) is 5.92 Å². The average Bonchev–Trinajstić information content (AvgIpc) is 3.18. The number of anilines is 1. The molecule has 1 nitrogen and oxygen atoms in total. The molecule has 1 heterocycles. The number of nitrogens with one attached hydrogen (secondary N) is 1. The van der Waals surface area contributed by atoms with E-state index in [9.17, 15) is 0 Å². The van der Waals surface area contributed by atoms with Crippen LogP contribution >= 0.6 is 15.9 Å². The molecule has 26 heavy (non-hydrogen) atoms. The van der Waals surface area contributed by atoms with E-state index in [0.717, 1.165) is 6.42 Å². The summed E-state index contributed by atoms with van der Waals surface area (Å²) in [6.07, 6.45) is 5.88. The van der Waals surface area contributed by atoms with Gasteiger partial charge in [-0.25, -0.2) is 0 Å². The first-order valence-electron chi connectivity index (χ1n) is 9.19. The average molecular weight is 402 g/mol. The second kappa shape index (κ2) is 6.44. The van der Waals surface area contributed by atoms with Gasteiger partial charge in [-0.2, -0.15) is 0 Å². The number of benzene rings is 3. The Labute approximate surface area is 162 Å². The predicted molar refractivity (Wildman–Crippen MR) is 112 cm³/mol. The van der Waals surface area contributed by atoms with Crippen molar-refractivity contribution in [1.82, 2.24) is 0 Å². The van der Waals surface area contributed by atoms with Crippen LogP contribution in [-0.2, 0) is 0 Å². The Balaban J connectivity index is 1.68. The second-order valence-electron chi connectivity index (χ2n) is 7.13. The smallest absolute Gasteiger partial charge is 0.0565 e. The lowest BCUT2D eigenvalue weighted by molar-refractivity contribution is 0.425. The third-order valence-electron chi connectivity index (χ3n) is 5.72. The molecule has 1 aliphatic heterocycles. The first-order valence-corrected chi connectivity index (χ1v) is 9.98. The third kappa shape index (κ3) is 2.52. The maximum absolute atomic E-state index is 3.92. The Morgan fingerprint density at radius 1 is 0.808 bits per heavy atom. The lowest BCUT2D eigenvalue weighted by Gasteiger charge is -2.39. The molecule has 1 N–H and O–H groups in total. The van der Waals surface area contributed by atoms with Crippen LogP contribution in [0.25, 0.3) is 11.1 Å². The number of allylic oxidation sites excluding steroid dienone is 2. The normalized spacial score (nSPS) is 23.2. The van der Waals surface area contributed by atoms with Crippen LogP contribution in [0.15, 0.2) is 89.4 Å². The zero-order chi connectivity index (χ0) is 17.5. The third-order valence-corrected chi connectivity index (χ3v) is 6.44. The van der Waals surface area contributed by atoms with Gasteiger partial charge in [0.15, 0.2) is 0 Å². The quantitative estimate of drug-likeness (QED) is 0.458. The number of rotatable bonds is 2. The lowest BCUT2D eigenvalue weighted by Crippen LogP contribution is -2.29. The standard InChI is InChI=1S/C24H20BrN/c25-22-15-5-4-10-21(22)24-20-14-7-12-18(20)19-13-6-11-17(23(19)26-24)16-8-2-1-3-9-16/h1-13,15,18,20,24,26H,14H2. The summed E-state index contributed by atoms with van der Waals surface area (Å²) in [5.74, 6) is 1.04. The van der Waals surface area contributed by atoms with Gasteiger partial charge in [-0.05, 0) is 35.1 Å². The summed E-state index contributed by atoms with van der Waals surface area (Å²) in [6.45, 7) is 0. The highest BCUT2D eigenvalue weighted by Gasteiger charge is 2.39. The minimum Gasteiger partial charge on any atom is -0.377 e. The van der Waals surface area contributed by atoms with Crippen molar-refractivity contribution in [3.05, 3.63) is 101 Å². The maximum atomic E-state index is 3.92. The van der Waals surface area contributed by atoms with E-state index in [1.165, 1.54) is 32.4 Å². The molecule has 3 unspecified atom stereocenters. The van der Waals surface area contributed by atoms with Crippen molar-refractivity contribution in [2.75, 3.05) is 5.32 Å². The van der Waals surface area contributed by atoms with Gasteiger partial charge in [0, 0.05) is 21.6 Å². The van der Waals surface area contributed by atoms with Crippen LogP contribution < -0.4 is 5.32 Å². The molecule has 0 spiro atoms. The van der Waals surface area contributed by atoms with Crippen LogP contribution in [0, 0.1) is 5.92 Å². The van der Waals surface area contributed by atoms with Crippen LogP contribution in [0.1, 0.15) is 29.5 Å². The van der Waals surface area contributed by atoms with Crippen molar-refractivity contribution in [1.29, 1.82) is 0 Å². The van der Waals surface area contributed by atoms with Crippen LogP contribution in [0.4, 0.5) is 5.69 Å². The molecule has 128 valence electrons. The van der Waals surface area contributed by atoms with Gasteiger partial charge in [-0.3, -0.25) is 0 Å². The molecule has 0 amide bonds. The van der Waals surface area contributed by atoms with Crippen molar-refractivity contribution in [2.45, 2.75) is 18.4 Å². The largest absolute Gasteiger partial charge is 0.377 e.